The Morgan fingerprint density at radius 3 is 2.68 bits per heavy atom. The van der Waals surface area contributed by atoms with Gasteiger partial charge in [-0.2, -0.15) is 15.4 Å². The van der Waals surface area contributed by atoms with Crippen molar-refractivity contribution in [2.45, 2.75) is 57.4 Å². The zero-order valence-corrected chi connectivity index (χ0v) is 16.7. The predicted octanol–water partition coefficient (Wildman–Crippen LogP) is 3.13. The van der Waals surface area contributed by atoms with Crippen molar-refractivity contribution in [3.8, 4) is 5.75 Å². The summed E-state index contributed by atoms with van der Waals surface area (Å²) in [7, 11) is 1.58. The minimum Gasteiger partial charge on any atom is -0.496 e. The van der Waals surface area contributed by atoms with Crippen LogP contribution in [0.1, 0.15) is 61.7 Å². The topological polar surface area (TPSA) is 83.1 Å². The van der Waals surface area contributed by atoms with E-state index >= 15 is 0 Å². The van der Waals surface area contributed by atoms with E-state index in [0.717, 1.165) is 25.4 Å². The molecule has 2 aromatic rings. The van der Waals surface area contributed by atoms with Crippen LogP contribution in [0.5, 0.6) is 5.75 Å². The summed E-state index contributed by atoms with van der Waals surface area (Å²) in [6.07, 6.45) is 10.1. The molecule has 0 bridgehead atoms. The third-order valence-corrected chi connectivity index (χ3v) is 5.94. The number of nitrogens with one attached hydrogen (secondary N) is 2. The molecule has 7 heteroatoms. The summed E-state index contributed by atoms with van der Waals surface area (Å²) in [6.45, 7) is 3.27. The van der Waals surface area contributed by atoms with Gasteiger partial charge in [0.25, 0.3) is 5.91 Å². The van der Waals surface area contributed by atoms with Gasteiger partial charge in [-0.15, -0.1) is 0 Å². The van der Waals surface area contributed by atoms with Crippen LogP contribution in [0.2, 0.25) is 0 Å². The van der Waals surface area contributed by atoms with E-state index in [1.165, 1.54) is 51.5 Å². The SMILES string of the molecule is COc1cc2n[nH]nc2cc1C(=O)NC1CCCCCCCN(CC2CC2)C1. The number of aromatic amines is 1. The van der Waals surface area contributed by atoms with E-state index < -0.39 is 0 Å². The number of H-pyrrole nitrogens is 1. The standard InChI is InChI=1S/C21H31N5O2/c1-28-20-12-19-18(23-25-24-19)11-17(20)21(27)22-16-7-5-3-2-4-6-10-26(14-16)13-15-8-9-15/h11-12,15-16H,2-10,13-14H2,1H3,(H,22,27)(H,23,24,25). The van der Waals surface area contributed by atoms with Gasteiger partial charge in [-0.25, -0.2) is 0 Å². The number of hydrogen-bond donors (Lipinski definition) is 2. The Balaban J connectivity index is 1.48. The third kappa shape index (κ3) is 4.82. The Labute approximate surface area is 166 Å². The molecule has 28 heavy (non-hydrogen) atoms. The second-order valence-electron chi connectivity index (χ2n) is 8.29. The van der Waals surface area contributed by atoms with Gasteiger partial charge in [-0.05, 0) is 44.2 Å². The fourth-order valence-corrected chi connectivity index (χ4v) is 4.18. The largest absolute Gasteiger partial charge is 0.496 e. The normalized spacial score (nSPS) is 22.1. The van der Waals surface area contributed by atoms with Crippen molar-refractivity contribution >= 4 is 16.9 Å². The lowest BCUT2D eigenvalue weighted by Gasteiger charge is -2.29. The number of aromatic nitrogens is 3. The lowest BCUT2D eigenvalue weighted by molar-refractivity contribution is 0.0915. The molecule has 7 nitrogen and oxygen atoms in total. The average molecular weight is 386 g/mol. The lowest BCUT2D eigenvalue weighted by atomic mass is 10.0. The first kappa shape index (κ1) is 19.2. The molecule has 0 radical (unpaired) electrons. The van der Waals surface area contributed by atoms with Crippen molar-refractivity contribution in [3.05, 3.63) is 17.7 Å². The summed E-state index contributed by atoms with van der Waals surface area (Å²) in [6, 6.07) is 3.69. The number of amides is 1. The molecule has 1 aromatic heterocycles. The Hall–Kier alpha value is -2.15. The quantitative estimate of drug-likeness (QED) is 0.826. The molecule has 1 amide bonds. The van der Waals surface area contributed by atoms with Gasteiger partial charge < -0.3 is 15.0 Å². The van der Waals surface area contributed by atoms with Crippen LogP contribution in [0.25, 0.3) is 11.0 Å². The van der Waals surface area contributed by atoms with E-state index in [-0.39, 0.29) is 11.9 Å². The average Bonchev–Trinajstić information content (AvgIpc) is 3.39. The van der Waals surface area contributed by atoms with E-state index in [2.05, 4.69) is 25.6 Å². The highest BCUT2D eigenvalue weighted by Crippen LogP contribution is 2.30. The van der Waals surface area contributed by atoms with Gasteiger partial charge in [0, 0.05) is 25.2 Å². The number of methoxy groups -OCH3 is 1. The molecule has 4 rings (SSSR count). The van der Waals surface area contributed by atoms with Crippen molar-refractivity contribution in [2.24, 2.45) is 5.92 Å². The van der Waals surface area contributed by atoms with Crippen molar-refractivity contribution in [3.63, 3.8) is 0 Å². The zero-order valence-electron chi connectivity index (χ0n) is 16.7. The van der Waals surface area contributed by atoms with Crippen LogP contribution in [-0.4, -0.2) is 59.0 Å². The highest BCUT2D eigenvalue weighted by Gasteiger charge is 2.27. The second kappa shape index (κ2) is 8.90. The third-order valence-electron chi connectivity index (χ3n) is 5.94. The molecular weight excluding hydrogens is 354 g/mol. The molecule has 1 aromatic carbocycles. The smallest absolute Gasteiger partial charge is 0.255 e. The van der Waals surface area contributed by atoms with Crippen molar-refractivity contribution in [2.75, 3.05) is 26.7 Å². The molecule has 2 heterocycles. The first-order valence-electron chi connectivity index (χ1n) is 10.6. The van der Waals surface area contributed by atoms with Crippen LogP contribution < -0.4 is 10.1 Å². The van der Waals surface area contributed by atoms with Crippen LogP contribution in [0.3, 0.4) is 0 Å². The highest BCUT2D eigenvalue weighted by molar-refractivity contribution is 6.00. The molecule has 1 aliphatic heterocycles. The molecular formula is C21H31N5O2. The minimum absolute atomic E-state index is 0.0878. The van der Waals surface area contributed by atoms with Crippen molar-refractivity contribution in [1.82, 2.24) is 25.6 Å². The van der Waals surface area contributed by atoms with Gasteiger partial charge in [0.2, 0.25) is 0 Å². The first-order valence-corrected chi connectivity index (χ1v) is 10.6. The summed E-state index contributed by atoms with van der Waals surface area (Å²) in [4.78, 5) is 15.7. The lowest BCUT2D eigenvalue weighted by Crippen LogP contribution is -2.45. The Bertz CT molecular complexity index is 801. The Morgan fingerprint density at radius 1 is 1.14 bits per heavy atom. The minimum atomic E-state index is -0.0878. The van der Waals surface area contributed by atoms with Gasteiger partial charge >= 0.3 is 0 Å². The number of ether oxygens (including phenoxy) is 1. The fourth-order valence-electron chi connectivity index (χ4n) is 4.18. The number of nitrogens with zero attached hydrogens (tertiary/aromatic N) is 3. The fraction of sp³-hybridized carbons (Fsp3) is 0.667. The van der Waals surface area contributed by atoms with E-state index in [0.29, 0.717) is 22.3 Å². The molecule has 1 unspecified atom stereocenters. The molecule has 2 fully saturated rings. The summed E-state index contributed by atoms with van der Waals surface area (Å²) >= 11 is 0. The van der Waals surface area contributed by atoms with Crippen LogP contribution in [0, 0.1) is 5.92 Å². The molecule has 152 valence electrons. The predicted molar refractivity (Wildman–Crippen MR) is 109 cm³/mol. The van der Waals surface area contributed by atoms with E-state index in [1.54, 1.807) is 19.2 Å². The van der Waals surface area contributed by atoms with Crippen molar-refractivity contribution < 1.29 is 9.53 Å². The number of benzene rings is 1. The molecule has 2 aliphatic rings. The van der Waals surface area contributed by atoms with E-state index in [9.17, 15) is 4.79 Å². The van der Waals surface area contributed by atoms with Crippen LogP contribution in [0.4, 0.5) is 0 Å². The molecule has 1 atom stereocenters. The molecule has 1 saturated carbocycles. The van der Waals surface area contributed by atoms with Gasteiger partial charge in [0.05, 0.1) is 12.7 Å². The number of carbonyl (C=O) groups is 1. The van der Waals surface area contributed by atoms with Crippen molar-refractivity contribution in [1.29, 1.82) is 0 Å². The van der Waals surface area contributed by atoms with Gasteiger partial charge in [0.1, 0.15) is 16.8 Å². The van der Waals surface area contributed by atoms with Crippen LogP contribution >= 0.6 is 0 Å². The monoisotopic (exact) mass is 385 g/mol. The number of hydrogen-bond acceptors (Lipinski definition) is 5. The maximum atomic E-state index is 13.1. The van der Waals surface area contributed by atoms with Gasteiger partial charge in [-0.1, -0.05) is 25.7 Å². The molecule has 1 aliphatic carbocycles. The second-order valence-corrected chi connectivity index (χ2v) is 8.29. The summed E-state index contributed by atoms with van der Waals surface area (Å²) < 4.78 is 5.44. The highest BCUT2D eigenvalue weighted by atomic mass is 16.5. The number of fused-ring (bicyclic) bond motifs is 1. The van der Waals surface area contributed by atoms with E-state index in [4.69, 9.17) is 4.74 Å². The number of carbonyl (C=O) groups excluding carboxylic acids is 1. The summed E-state index contributed by atoms with van der Waals surface area (Å²) in [5.74, 6) is 1.32. The maximum Gasteiger partial charge on any atom is 0.255 e. The molecule has 0 spiro atoms. The molecule has 2 N–H and O–H groups in total. The van der Waals surface area contributed by atoms with E-state index in [1.807, 2.05) is 0 Å². The molecule has 1 saturated heterocycles. The van der Waals surface area contributed by atoms with Crippen LogP contribution in [0.15, 0.2) is 12.1 Å². The number of rotatable bonds is 5. The van der Waals surface area contributed by atoms with Gasteiger partial charge in [0.15, 0.2) is 0 Å². The summed E-state index contributed by atoms with van der Waals surface area (Å²) in [5.41, 5.74) is 1.89. The first-order chi connectivity index (χ1) is 13.7. The Morgan fingerprint density at radius 2 is 1.89 bits per heavy atom. The van der Waals surface area contributed by atoms with Crippen LogP contribution in [-0.2, 0) is 0 Å². The Kier molecular flexibility index (Phi) is 6.10. The summed E-state index contributed by atoms with van der Waals surface area (Å²) in [5, 5.41) is 14.1. The zero-order chi connectivity index (χ0) is 19.3. The maximum absolute atomic E-state index is 13.1. The van der Waals surface area contributed by atoms with Gasteiger partial charge in [-0.3, -0.25) is 4.79 Å².